The van der Waals surface area contributed by atoms with Crippen molar-refractivity contribution in [1.82, 2.24) is 20.3 Å². The molecule has 1 unspecified atom stereocenters. The van der Waals surface area contributed by atoms with Gasteiger partial charge in [0.2, 0.25) is 11.8 Å². The monoisotopic (exact) mass is 460 g/mol. The first-order valence-electron chi connectivity index (χ1n) is 10.2. The predicted octanol–water partition coefficient (Wildman–Crippen LogP) is 3.18. The number of carbonyl (C=O) groups excluding carboxylic acids is 2. The number of carboxylic acid groups (broad SMARTS) is 1. The number of carboxylic acids is 1. The quantitative estimate of drug-likeness (QED) is 0.249. The number of ether oxygens (including phenoxy) is 1. The van der Waals surface area contributed by atoms with E-state index in [4.69, 9.17) is 10.5 Å². The van der Waals surface area contributed by atoms with Crippen molar-refractivity contribution in [3.05, 3.63) is 72.4 Å². The van der Waals surface area contributed by atoms with Crippen LogP contribution < -0.4 is 21.1 Å². The number of fused-ring (bicyclic) bond motifs is 1. The average Bonchev–Trinajstić information content (AvgIpc) is 3.29. The van der Waals surface area contributed by atoms with Crippen molar-refractivity contribution in [2.24, 2.45) is 0 Å². The SMILES string of the molecule is Nc1nc(Oc2ccc(NC(=O)NC(CC(=O)c3ccccc3)C(=O)O)cc2)c2cc[nH]c2n1. The van der Waals surface area contributed by atoms with Crippen LogP contribution in [-0.4, -0.2) is 43.9 Å². The van der Waals surface area contributed by atoms with E-state index in [2.05, 4.69) is 25.6 Å². The Labute approximate surface area is 193 Å². The van der Waals surface area contributed by atoms with Gasteiger partial charge in [-0.1, -0.05) is 30.3 Å². The standard InChI is InChI=1S/C23H20N6O5/c24-22-28-19-16(10-11-25-19)20(29-22)34-15-8-6-14(7-9-15)26-23(33)27-17(21(31)32)12-18(30)13-4-2-1-3-5-13/h1-11,17H,12H2,(H,31,32)(H2,26,27,33)(H3,24,25,28,29). The number of aliphatic carboxylic acids is 1. The van der Waals surface area contributed by atoms with Crippen LogP contribution >= 0.6 is 0 Å². The van der Waals surface area contributed by atoms with Gasteiger partial charge in [0.25, 0.3) is 0 Å². The molecule has 2 aromatic carbocycles. The van der Waals surface area contributed by atoms with Gasteiger partial charge in [0.05, 0.1) is 5.39 Å². The van der Waals surface area contributed by atoms with E-state index in [1.165, 1.54) is 0 Å². The maximum absolute atomic E-state index is 12.3. The van der Waals surface area contributed by atoms with Gasteiger partial charge in [-0.05, 0) is 30.3 Å². The largest absolute Gasteiger partial charge is 0.480 e. The van der Waals surface area contributed by atoms with E-state index in [1.807, 2.05) is 0 Å². The molecule has 0 saturated carbocycles. The normalized spacial score (nSPS) is 11.5. The third kappa shape index (κ3) is 5.27. The van der Waals surface area contributed by atoms with Crippen LogP contribution in [0.25, 0.3) is 11.0 Å². The number of ketones is 1. The smallest absolute Gasteiger partial charge is 0.326 e. The highest BCUT2D eigenvalue weighted by atomic mass is 16.5. The molecule has 11 heteroatoms. The van der Waals surface area contributed by atoms with E-state index in [1.54, 1.807) is 66.9 Å². The van der Waals surface area contributed by atoms with Crippen LogP contribution in [0, 0.1) is 0 Å². The first-order valence-corrected chi connectivity index (χ1v) is 10.2. The van der Waals surface area contributed by atoms with E-state index < -0.39 is 23.8 Å². The lowest BCUT2D eigenvalue weighted by Crippen LogP contribution is -2.44. The Morgan fingerprint density at radius 3 is 2.47 bits per heavy atom. The molecule has 2 aromatic heterocycles. The lowest BCUT2D eigenvalue weighted by molar-refractivity contribution is -0.139. The van der Waals surface area contributed by atoms with Gasteiger partial charge in [-0.15, -0.1) is 0 Å². The number of hydrogen-bond donors (Lipinski definition) is 5. The summed E-state index contributed by atoms with van der Waals surface area (Å²) in [5.74, 6) is -0.947. The molecule has 34 heavy (non-hydrogen) atoms. The molecule has 0 fully saturated rings. The minimum Gasteiger partial charge on any atom is -0.480 e. The number of nitrogen functional groups attached to an aromatic ring is 1. The van der Waals surface area contributed by atoms with Crippen LogP contribution in [0.1, 0.15) is 16.8 Å². The van der Waals surface area contributed by atoms with Crippen molar-refractivity contribution < 1.29 is 24.2 Å². The molecule has 0 spiro atoms. The summed E-state index contributed by atoms with van der Waals surface area (Å²) < 4.78 is 5.78. The Balaban J connectivity index is 1.37. The number of nitrogens with zero attached hydrogens (tertiary/aromatic N) is 2. The molecule has 0 aliphatic heterocycles. The third-order valence-corrected chi connectivity index (χ3v) is 4.81. The number of carbonyl (C=O) groups is 3. The van der Waals surface area contributed by atoms with Crippen LogP contribution in [0.15, 0.2) is 66.9 Å². The number of aromatic nitrogens is 3. The number of H-pyrrole nitrogens is 1. The van der Waals surface area contributed by atoms with Crippen molar-refractivity contribution in [2.75, 3.05) is 11.1 Å². The van der Waals surface area contributed by atoms with Crippen molar-refractivity contribution in [3.8, 4) is 11.6 Å². The van der Waals surface area contributed by atoms with Crippen LogP contribution in [0.4, 0.5) is 16.4 Å². The van der Waals surface area contributed by atoms with E-state index in [9.17, 15) is 19.5 Å². The molecule has 0 radical (unpaired) electrons. The number of nitrogens with one attached hydrogen (secondary N) is 3. The summed E-state index contributed by atoms with van der Waals surface area (Å²) in [6, 6.07) is 14.2. The summed E-state index contributed by atoms with van der Waals surface area (Å²) in [7, 11) is 0. The summed E-state index contributed by atoms with van der Waals surface area (Å²) >= 11 is 0. The molecule has 11 nitrogen and oxygen atoms in total. The van der Waals surface area contributed by atoms with Gasteiger partial charge < -0.3 is 31.2 Å². The molecular weight excluding hydrogens is 440 g/mol. The minimum absolute atomic E-state index is 0.0543. The van der Waals surface area contributed by atoms with E-state index in [0.717, 1.165) is 0 Å². The Kier molecular flexibility index (Phi) is 6.35. The Morgan fingerprint density at radius 1 is 1.03 bits per heavy atom. The van der Waals surface area contributed by atoms with E-state index >= 15 is 0 Å². The molecule has 0 saturated heterocycles. The summed E-state index contributed by atoms with van der Waals surface area (Å²) in [5, 5.41) is 14.9. The molecule has 0 aliphatic rings. The van der Waals surface area contributed by atoms with Crippen molar-refractivity contribution in [3.63, 3.8) is 0 Å². The van der Waals surface area contributed by atoms with Gasteiger partial charge in [0.15, 0.2) is 5.78 Å². The summed E-state index contributed by atoms with van der Waals surface area (Å²) in [6.45, 7) is 0. The number of aromatic amines is 1. The second-order valence-electron chi connectivity index (χ2n) is 7.24. The van der Waals surface area contributed by atoms with Crippen LogP contribution in [-0.2, 0) is 4.79 Å². The van der Waals surface area contributed by atoms with E-state index in [-0.39, 0.29) is 18.2 Å². The number of amides is 2. The minimum atomic E-state index is -1.39. The number of hydrogen-bond acceptors (Lipinski definition) is 7. The topological polar surface area (TPSA) is 172 Å². The molecule has 1 atom stereocenters. The fraction of sp³-hybridized carbons (Fsp3) is 0.0870. The first-order chi connectivity index (χ1) is 16.4. The molecule has 0 aliphatic carbocycles. The molecule has 2 heterocycles. The zero-order valence-corrected chi connectivity index (χ0v) is 17.7. The zero-order chi connectivity index (χ0) is 24.1. The molecule has 4 aromatic rings. The summed E-state index contributed by atoms with van der Waals surface area (Å²) in [6.07, 6.45) is 1.31. The van der Waals surface area contributed by atoms with Crippen molar-refractivity contribution in [2.45, 2.75) is 12.5 Å². The Hall–Kier alpha value is -4.93. The number of nitrogens with two attached hydrogens (primary N) is 1. The molecular formula is C23H20N6O5. The van der Waals surface area contributed by atoms with Gasteiger partial charge in [0.1, 0.15) is 17.4 Å². The fourth-order valence-electron chi connectivity index (χ4n) is 3.18. The molecule has 2 amide bonds. The van der Waals surface area contributed by atoms with Gasteiger partial charge in [-0.25, -0.2) is 9.59 Å². The molecule has 4 rings (SSSR count). The third-order valence-electron chi connectivity index (χ3n) is 4.81. The van der Waals surface area contributed by atoms with Crippen molar-refractivity contribution >= 4 is 40.5 Å². The first kappa shape index (κ1) is 22.3. The lowest BCUT2D eigenvalue weighted by Gasteiger charge is -2.15. The number of rotatable bonds is 8. The lowest BCUT2D eigenvalue weighted by atomic mass is 10.0. The maximum atomic E-state index is 12.3. The Bertz CT molecular complexity index is 1340. The second kappa shape index (κ2) is 9.69. The fourth-order valence-corrected chi connectivity index (χ4v) is 3.18. The van der Waals surface area contributed by atoms with Gasteiger partial charge >= 0.3 is 12.0 Å². The van der Waals surface area contributed by atoms with Gasteiger partial charge in [0, 0.05) is 23.9 Å². The highest BCUT2D eigenvalue weighted by Gasteiger charge is 2.24. The predicted molar refractivity (Wildman–Crippen MR) is 124 cm³/mol. The summed E-state index contributed by atoms with van der Waals surface area (Å²) in [5.41, 5.74) is 6.99. The average molecular weight is 460 g/mol. The molecule has 6 N–H and O–H groups in total. The summed E-state index contributed by atoms with van der Waals surface area (Å²) in [4.78, 5) is 47.3. The van der Waals surface area contributed by atoms with Crippen molar-refractivity contribution in [1.29, 1.82) is 0 Å². The Morgan fingerprint density at radius 2 is 1.76 bits per heavy atom. The molecule has 0 bridgehead atoms. The van der Waals surface area contributed by atoms with Crippen LogP contribution in [0.3, 0.4) is 0 Å². The van der Waals surface area contributed by atoms with Gasteiger partial charge in [-0.3, -0.25) is 4.79 Å². The zero-order valence-electron chi connectivity index (χ0n) is 17.7. The van der Waals surface area contributed by atoms with Gasteiger partial charge in [-0.2, -0.15) is 9.97 Å². The highest BCUT2D eigenvalue weighted by Crippen LogP contribution is 2.28. The van der Waals surface area contributed by atoms with Crippen LogP contribution in [0.2, 0.25) is 0 Å². The number of anilines is 2. The highest BCUT2D eigenvalue weighted by molar-refractivity contribution is 6.00. The van der Waals surface area contributed by atoms with E-state index in [0.29, 0.717) is 28.0 Å². The number of urea groups is 1. The molecule has 172 valence electrons. The number of benzene rings is 2. The number of Topliss-reactive ketones (excluding diaryl/α,β-unsaturated/α-hetero) is 1. The maximum Gasteiger partial charge on any atom is 0.326 e. The second-order valence-corrected chi connectivity index (χ2v) is 7.24. The van der Waals surface area contributed by atoms with Crippen LogP contribution in [0.5, 0.6) is 11.6 Å².